The molecule has 0 bridgehead atoms. The van der Waals surface area contributed by atoms with Crippen LogP contribution in [0.3, 0.4) is 0 Å². The van der Waals surface area contributed by atoms with Crippen molar-refractivity contribution in [3.63, 3.8) is 0 Å². The predicted molar refractivity (Wildman–Crippen MR) is 66.9 cm³/mol. The van der Waals surface area contributed by atoms with Crippen molar-refractivity contribution in [2.24, 2.45) is 0 Å². The third-order valence-electron chi connectivity index (χ3n) is 2.42. The summed E-state index contributed by atoms with van der Waals surface area (Å²) in [7, 11) is 1.69. The lowest BCUT2D eigenvalue weighted by molar-refractivity contribution is 0.0230. The molecule has 1 aromatic rings. The van der Waals surface area contributed by atoms with Crippen LogP contribution in [0.15, 0.2) is 22.7 Å². The number of halogens is 2. The smallest absolute Gasteiger partial charge is 0.137 e. The van der Waals surface area contributed by atoms with Crippen molar-refractivity contribution < 1.29 is 9.13 Å². The Morgan fingerprint density at radius 1 is 1.44 bits per heavy atom. The Morgan fingerprint density at radius 3 is 2.69 bits per heavy atom. The lowest BCUT2D eigenvalue weighted by Gasteiger charge is -2.23. The quantitative estimate of drug-likeness (QED) is 0.899. The van der Waals surface area contributed by atoms with Crippen LogP contribution in [0.1, 0.15) is 19.4 Å². The molecule has 0 unspecified atom stereocenters. The van der Waals surface area contributed by atoms with E-state index >= 15 is 0 Å². The Hall–Kier alpha value is -0.450. The summed E-state index contributed by atoms with van der Waals surface area (Å²) in [5.74, 6) is -0.235. The Balaban J connectivity index is 2.46. The third kappa shape index (κ3) is 4.20. The molecule has 0 saturated heterocycles. The van der Waals surface area contributed by atoms with Gasteiger partial charge in [0.05, 0.1) is 10.1 Å². The molecule has 0 fully saturated rings. The van der Waals surface area contributed by atoms with Gasteiger partial charge in [-0.2, -0.15) is 0 Å². The van der Waals surface area contributed by atoms with E-state index in [2.05, 4.69) is 21.2 Å². The highest BCUT2D eigenvalue weighted by Gasteiger charge is 2.15. The number of methoxy groups -OCH3 is 1. The minimum absolute atomic E-state index is 0.183. The Kier molecular flexibility index (Phi) is 4.89. The lowest BCUT2D eigenvalue weighted by atomic mass is 10.1. The summed E-state index contributed by atoms with van der Waals surface area (Å²) in [5.41, 5.74) is 0.859. The molecule has 2 nitrogen and oxygen atoms in total. The number of rotatable bonds is 5. The first-order chi connectivity index (χ1) is 7.44. The largest absolute Gasteiger partial charge is 0.377 e. The van der Waals surface area contributed by atoms with E-state index in [1.807, 2.05) is 13.8 Å². The second-order valence-corrected chi connectivity index (χ2v) is 5.17. The Labute approximate surface area is 104 Å². The van der Waals surface area contributed by atoms with Gasteiger partial charge in [0.2, 0.25) is 0 Å². The van der Waals surface area contributed by atoms with Crippen LogP contribution in [-0.2, 0) is 11.3 Å². The first-order valence-corrected chi connectivity index (χ1v) is 5.94. The SMILES string of the molecule is COC(C)(C)CNCc1ccc(F)c(Br)c1. The fraction of sp³-hybridized carbons (Fsp3) is 0.500. The van der Waals surface area contributed by atoms with Gasteiger partial charge in [-0.15, -0.1) is 0 Å². The van der Waals surface area contributed by atoms with Gasteiger partial charge in [0.1, 0.15) is 5.82 Å². The van der Waals surface area contributed by atoms with Gasteiger partial charge in [-0.1, -0.05) is 6.07 Å². The fourth-order valence-corrected chi connectivity index (χ4v) is 1.66. The highest BCUT2D eigenvalue weighted by molar-refractivity contribution is 9.10. The molecule has 0 atom stereocenters. The van der Waals surface area contributed by atoms with E-state index in [9.17, 15) is 4.39 Å². The average Bonchev–Trinajstić information content (AvgIpc) is 2.23. The van der Waals surface area contributed by atoms with E-state index in [0.29, 0.717) is 11.0 Å². The molecule has 0 aliphatic carbocycles. The zero-order valence-electron chi connectivity index (χ0n) is 9.81. The van der Waals surface area contributed by atoms with E-state index in [1.54, 1.807) is 19.2 Å². The lowest BCUT2D eigenvalue weighted by Crippen LogP contribution is -2.36. The molecule has 1 rings (SSSR count). The van der Waals surface area contributed by atoms with Crippen LogP contribution < -0.4 is 5.32 Å². The van der Waals surface area contributed by atoms with Crippen LogP contribution >= 0.6 is 15.9 Å². The molecule has 0 heterocycles. The molecule has 0 saturated carbocycles. The zero-order chi connectivity index (χ0) is 12.2. The van der Waals surface area contributed by atoms with Gasteiger partial charge in [-0.3, -0.25) is 0 Å². The fourth-order valence-electron chi connectivity index (χ4n) is 1.23. The maximum atomic E-state index is 13.0. The molecule has 0 amide bonds. The number of hydrogen-bond donors (Lipinski definition) is 1. The van der Waals surface area contributed by atoms with Crippen LogP contribution in [-0.4, -0.2) is 19.3 Å². The van der Waals surface area contributed by atoms with Gasteiger partial charge >= 0.3 is 0 Å². The maximum Gasteiger partial charge on any atom is 0.137 e. The Bertz CT molecular complexity index is 355. The second kappa shape index (κ2) is 5.75. The predicted octanol–water partition coefficient (Wildman–Crippen LogP) is 3.10. The molecule has 16 heavy (non-hydrogen) atoms. The molecule has 0 aromatic heterocycles. The number of nitrogens with one attached hydrogen (secondary N) is 1. The summed E-state index contributed by atoms with van der Waals surface area (Å²) in [6, 6.07) is 5.01. The molecule has 0 aliphatic rings. The van der Waals surface area contributed by atoms with Crippen molar-refractivity contribution in [1.82, 2.24) is 5.32 Å². The minimum Gasteiger partial charge on any atom is -0.377 e. The molecule has 0 spiro atoms. The molecular weight excluding hydrogens is 273 g/mol. The topological polar surface area (TPSA) is 21.3 Å². The summed E-state index contributed by atoms with van der Waals surface area (Å²) in [5, 5.41) is 3.27. The van der Waals surface area contributed by atoms with Gasteiger partial charge in [0.25, 0.3) is 0 Å². The number of hydrogen-bond acceptors (Lipinski definition) is 2. The summed E-state index contributed by atoms with van der Waals surface area (Å²) >= 11 is 3.16. The van der Waals surface area contributed by atoms with Gasteiger partial charge in [-0.05, 0) is 47.5 Å². The normalized spacial score (nSPS) is 11.8. The maximum absolute atomic E-state index is 13.0. The molecule has 90 valence electrons. The van der Waals surface area contributed by atoms with Gasteiger partial charge < -0.3 is 10.1 Å². The average molecular weight is 290 g/mol. The van der Waals surface area contributed by atoms with E-state index < -0.39 is 0 Å². The minimum atomic E-state index is -0.235. The van der Waals surface area contributed by atoms with Crippen LogP contribution in [0.2, 0.25) is 0 Å². The summed E-state index contributed by atoms with van der Waals surface area (Å²) in [4.78, 5) is 0. The molecule has 1 aromatic carbocycles. The van der Waals surface area contributed by atoms with Crippen molar-refractivity contribution in [2.45, 2.75) is 26.0 Å². The van der Waals surface area contributed by atoms with E-state index in [0.717, 1.165) is 12.1 Å². The van der Waals surface area contributed by atoms with Gasteiger partial charge in [0.15, 0.2) is 0 Å². The van der Waals surface area contributed by atoms with Crippen LogP contribution in [0.4, 0.5) is 4.39 Å². The van der Waals surface area contributed by atoms with Crippen molar-refractivity contribution in [1.29, 1.82) is 0 Å². The summed E-state index contributed by atoms with van der Waals surface area (Å²) in [6.07, 6.45) is 0. The molecular formula is C12H17BrFNO. The van der Waals surface area contributed by atoms with Crippen molar-refractivity contribution in [3.05, 3.63) is 34.1 Å². The first kappa shape index (κ1) is 13.6. The molecule has 0 radical (unpaired) electrons. The van der Waals surface area contributed by atoms with E-state index in [4.69, 9.17) is 4.74 Å². The van der Waals surface area contributed by atoms with Crippen LogP contribution in [0, 0.1) is 5.82 Å². The van der Waals surface area contributed by atoms with E-state index in [1.165, 1.54) is 6.07 Å². The molecule has 1 N–H and O–H groups in total. The summed E-state index contributed by atoms with van der Waals surface area (Å²) in [6.45, 7) is 5.48. The highest BCUT2D eigenvalue weighted by Crippen LogP contribution is 2.16. The first-order valence-electron chi connectivity index (χ1n) is 5.14. The van der Waals surface area contributed by atoms with Crippen molar-refractivity contribution in [3.8, 4) is 0 Å². The van der Waals surface area contributed by atoms with E-state index in [-0.39, 0.29) is 11.4 Å². The number of benzene rings is 1. The standard InChI is InChI=1S/C12H17BrFNO/c1-12(2,16-3)8-15-7-9-4-5-11(14)10(13)6-9/h4-6,15H,7-8H2,1-3H3. The second-order valence-electron chi connectivity index (χ2n) is 4.32. The highest BCUT2D eigenvalue weighted by atomic mass is 79.9. The third-order valence-corrected chi connectivity index (χ3v) is 3.02. The van der Waals surface area contributed by atoms with Crippen LogP contribution in [0.5, 0.6) is 0 Å². The number of ether oxygens (including phenoxy) is 1. The Morgan fingerprint density at radius 2 is 2.12 bits per heavy atom. The monoisotopic (exact) mass is 289 g/mol. The zero-order valence-corrected chi connectivity index (χ0v) is 11.4. The van der Waals surface area contributed by atoms with Crippen LogP contribution in [0.25, 0.3) is 0 Å². The van der Waals surface area contributed by atoms with Crippen molar-refractivity contribution >= 4 is 15.9 Å². The van der Waals surface area contributed by atoms with Gasteiger partial charge in [-0.25, -0.2) is 4.39 Å². The van der Waals surface area contributed by atoms with Gasteiger partial charge in [0, 0.05) is 20.2 Å². The van der Waals surface area contributed by atoms with Crippen molar-refractivity contribution in [2.75, 3.05) is 13.7 Å². The molecule has 4 heteroatoms. The molecule has 0 aliphatic heterocycles. The summed E-state index contributed by atoms with van der Waals surface area (Å²) < 4.78 is 18.8.